The molecule has 5 N–H and O–H groups in total. The van der Waals surface area contributed by atoms with Crippen LogP contribution in [-0.2, 0) is 0 Å². The van der Waals surface area contributed by atoms with E-state index in [4.69, 9.17) is 5.73 Å². The summed E-state index contributed by atoms with van der Waals surface area (Å²) < 4.78 is 0. The van der Waals surface area contributed by atoms with Crippen molar-refractivity contribution < 1.29 is 4.79 Å². The van der Waals surface area contributed by atoms with E-state index in [9.17, 15) is 4.79 Å². The number of hydrogen-bond acceptors (Lipinski definition) is 8. The van der Waals surface area contributed by atoms with Gasteiger partial charge >= 0.3 is 0 Å². The molecule has 0 aliphatic carbocycles. The highest BCUT2D eigenvalue weighted by Crippen LogP contribution is 2.18. The Hall–Kier alpha value is -2.94. The molecule has 2 aromatic rings. The molecule has 9 nitrogen and oxygen atoms in total. The SMILES string of the molecule is CNc1ccc(C(=O)Nc2ccc(N(C)C)nn2)c(NCCCCC(C)N)n1. The van der Waals surface area contributed by atoms with Crippen molar-refractivity contribution in [3.05, 3.63) is 29.8 Å². The number of unbranched alkanes of at least 4 members (excludes halogenated alkanes) is 1. The normalized spacial score (nSPS) is 11.6. The molecule has 2 rings (SSSR count). The summed E-state index contributed by atoms with van der Waals surface area (Å²) in [6.07, 6.45) is 2.94. The van der Waals surface area contributed by atoms with E-state index in [0.29, 0.717) is 35.4 Å². The Kier molecular flexibility index (Phi) is 7.94. The molecule has 2 aromatic heterocycles. The van der Waals surface area contributed by atoms with Gasteiger partial charge in [-0.3, -0.25) is 4.79 Å². The number of pyridine rings is 1. The fourth-order valence-corrected chi connectivity index (χ4v) is 2.53. The Bertz CT molecular complexity index is 761. The van der Waals surface area contributed by atoms with Gasteiger partial charge in [0.1, 0.15) is 11.6 Å². The van der Waals surface area contributed by atoms with Crippen LogP contribution in [0.15, 0.2) is 24.3 Å². The number of aromatic nitrogens is 3. The van der Waals surface area contributed by atoms with Crippen molar-refractivity contribution in [2.45, 2.75) is 32.2 Å². The van der Waals surface area contributed by atoms with Gasteiger partial charge in [0.25, 0.3) is 5.91 Å². The highest BCUT2D eigenvalue weighted by Gasteiger charge is 2.15. The van der Waals surface area contributed by atoms with Crippen molar-refractivity contribution in [1.82, 2.24) is 15.2 Å². The quantitative estimate of drug-likeness (QED) is 0.458. The molecule has 0 aliphatic heterocycles. The van der Waals surface area contributed by atoms with Crippen LogP contribution in [-0.4, -0.2) is 54.8 Å². The smallest absolute Gasteiger partial charge is 0.260 e. The minimum Gasteiger partial charge on any atom is -0.373 e. The maximum absolute atomic E-state index is 12.7. The molecule has 0 fully saturated rings. The second-order valence-corrected chi connectivity index (χ2v) is 6.87. The monoisotopic (exact) mass is 386 g/mol. The van der Waals surface area contributed by atoms with E-state index in [0.717, 1.165) is 19.3 Å². The summed E-state index contributed by atoms with van der Waals surface area (Å²) in [5, 5.41) is 17.1. The van der Waals surface area contributed by atoms with Crippen LogP contribution in [0.1, 0.15) is 36.5 Å². The predicted octanol–water partition coefficient (Wildman–Crippen LogP) is 2.16. The molecule has 0 aromatic carbocycles. The minimum atomic E-state index is -0.292. The van der Waals surface area contributed by atoms with E-state index >= 15 is 0 Å². The summed E-state index contributed by atoms with van der Waals surface area (Å²) >= 11 is 0. The van der Waals surface area contributed by atoms with Gasteiger partial charge < -0.3 is 26.6 Å². The molecule has 0 bridgehead atoms. The summed E-state index contributed by atoms with van der Waals surface area (Å²) in [5.41, 5.74) is 6.23. The molecule has 9 heteroatoms. The van der Waals surface area contributed by atoms with Crippen LogP contribution < -0.4 is 26.6 Å². The lowest BCUT2D eigenvalue weighted by Gasteiger charge is -2.13. The van der Waals surface area contributed by atoms with E-state index in [1.807, 2.05) is 25.9 Å². The number of amides is 1. The number of rotatable bonds is 10. The molecule has 0 radical (unpaired) electrons. The zero-order valence-electron chi connectivity index (χ0n) is 17.0. The third kappa shape index (κ3) is 6.34. The lowest BCUT2D eigenvalue weighted by molar-refractivity contribution is 0.102. The molecular formula is C19H30N8O. The maximum Gasteiger partial charge on any atom is 0.260 e. The second kappa shape index (κ2) is 10.4. The predicted molar refractivity (Wildman–Crippen MR) is 114 cm³/mol. The number of hydrogen-bond donors (Lipinski definition) is 4. The molecule has 1 atom stereocenters. The van der Waals surface area contributed by atoms with Gasteiger partial charge in [-0.15, -0.1) is 10.2 Å². The summed E-state index contributed by atoms with van der Waals surface area (Å²) in [5.74, 6) is 2.02. The van der Waals surface area contributed by atoms with Crippen molar-refractivity contribution >= 4 is 29.2 Å². The van der Waals surface area contributed by atoms with E-state index in [1.165, 1.54) is 0 Å². The summed E-state index contributed by atoms with van der Waals surface area (Å²) in [6, 6.07) is 7.21. The third-order valence-electron chi connectivity index (χ3n) is 4.12. The highest BCUT2D eigenvalue weighted by atomic mass is 16.1. The molecule has 2 heterocycles. The Morgan fingerprint density at radius 2 is 1.89 bits per heavy atom. The lowest BCUT2D eigenvalue weighted by Crippen LogP contribution is -2.18. The van der Waals surface area contributed by atoms with E-state index in [1.54, 1.807) is 31.3 Å². The number of anilines is 4. The first-order chi connectivity index (χ1) is 13.4. The number of nitrogens with zero attached hydrogens (tertiary/aromatic N) is 4. The summed E-state index contributed by atoms with van der Waals surface area (Å²) in [4.78, 5) is 19.0. The largest absolute Gasteiger partial charge is 0.373 e. The zero-order chi connectivity index (χ0) is 20.5. The number of nitrogens with one attached hydrogen (secondary N) is 3. The lowest BCUT2D eigenvalue weighted by atomic mass is 10.1. The van der Waals surface area contributed by atoms with Crippen LogP contribution >= 0.6 is 0 Å². The van der Waals surface area contributed by atoms with Crippen LogP contribution in [0, 0.1) is 0 Å². The van der Waals surface area contributed by atoms with Gasteiger partial charge in [-0.1, -0.05) is 6.42 Å². The molecule has 0 saturated carbocycles. The van der Waals surface area contributed by atoms with Crippen molar-refractivity contribution in [3.63, 3.8) is 0 Å². The van der Waals surface area contributed by atoms with Crippen LogP contribution in [0.5, 0.6) is 0 Å². The fraction of sp³-hybridized carbons (Fsp3) is 0.474. The third-order valence-corrected chi connectivity index (χ3v) is 4.12. The van der Waals surface area contributed by atoms with Crippen molar-refractivity contribution in [1.29, 1.82) is 0 Å². The van der Waals surface area contributed by atoms with Gasteiger partial charge in [0.05, 0.1) is 5.56 Å². The van der Waals surface area contributed by atoms with Gasteiger partial charge in [0.2, 0.25) is 0 Å². The number of carbonyl (C=O) groups is 1. The second-order valence-electron chi connectivity index (χ2n) is 6.87. The average molecular weight is 387 g/mol. The minimum absolute atomic E-state index is 0.201. The maximum atomic E-state index is 12.7. The Balaban J connectivity index is 2.06. The molecule has 28 heavy (non-hydrogen) atoms. The van der Waals surface area contributed by atoms with Crippen LogP contribution in [0.2, 0.25) is 0 Å². The van der Waals surface area contributed by atoms with Gasteiger partial charge in [-0.05, 0) is 44.0 Å². The summed E-state index contributed by atoms with van der Waals surface area (Å²) in [6.45, 7) is 2.71. The number of nitrogens with two attached hydrogens (primary N) is 1. The molecule has 152 valence electrons. The first kappa shape index (κ1) is 21.4. The van der Waals surface area contributed by atoms with E-state index < -0.39 is 0 Å². The van der Waals surface area contributed by atoms with Gasteiger partial charge in [-0.25, -0.2) is 4.98 Å². The first-order valence-electron chi connectivity index (χ1n) is 9.41. The van der Waals surface area contributed by atoms with Crippen LogP contribution in [0.4, 0.5) is 23.3 Å². The van der Waals surface area contributed by atoms with Crippen LogP contribution in [0.3, 0.4) is 0 Å². The van der Waals surface area contributed by atoms with E-state index in [2.05, 4.69) is 31.1 Å². The number of carbonyl (C=O) groups excluding carboxylic acids is 1. The summed E-state index contributed by atoms with van der Waals surface area (Å²) in [7, 11) is 5.54. The Morgan fingerprint density at radius 1 is 1.14 bits per heavy atom. The molecule has 0 saturated heterocycles. The molecule has 1 unspecified atom stereocenters. The fourth-order valence-electron chi connectivity index (χ4n) is 2.53. The molecule has 0 spiro atoms. The Labute approximate surface area is 166 Å². The van der Waals surface area contributed by atoms with Crippen molar-refractivity contribution in [2.75, 3.05) is 48.5 Å². The molecule has 1 amide bonds. The van der Waals surface area contributed by atoms with E-state index in [-0.39, 0.29) is 11.9 Å². The zero-order valence-corrected chi connectivity index (χ0v) is 17.0. The topological polar surface area (TPSA) is 121 Å². The molecule has 0 aliphatic rings. The Morgan fingerprint density at radius 3 is 2.50 bits per heavy atom. The first-order valence-corrected chi connectivity index (χ1v) is 9.41. The standard InChI is InChI=1S/C19H30N8O/c1-13(20)7-5-6-12-22-18-14(8-9-15(21-2)23-18)19(28)24-16-10-11-17(26-25-16)27(3)4/h8-11,13H,5-7,12,20H2,1-4H3,(H2,21,22,23)(H,24,25,28). The van der Waals surface area contributed by atoms with Crippen molar-refractivity contribution in [2.24, 2.45) is 5.73 Å². The molecular weight excluding hydrogens is 356 g/mol. The van der Waals surface area contributed by atoms with Crippen LogP contribution in [0.25, 0.3) is 0 Å². The van der Waals surface area contributed by atoms with Gasteiger partial charge in [-0.2, -0.15) is 0 Å². The van der Waals surface area contributed by atoms with Crippen molar-refractivity contribution in [3.8, 4) is 0 Å². The van der Waals surface area contributed by atoms with Gasteiger partial charge in [0, 0.05) is 33.7 Å². The van der Waals surface area contributed by atoms with Gasteiger partial charge in [0.15, 0.2) is 11.6 Å². The average Bonchev–Trinajstić information content (AvgIpc) is 2.67. The highest BCUT2D eigenvalue weighted by molar-refractivity contribution is 6.07.